The van der Waals surface area contributed by atoms with Crippen molar-refractivity contribution >= 4 is 5.91 Å². The molecule has 5 nitrogen and oxygen atoms in total. The number of nitrogens with zero attached hydrogens (tertiary/aromatic N) is 1. The number of aliphatic hydroxyl groups excluding tert-OH is 1. The van der Waals surface area contributed by atoms with Gasteiger partial charge in [-0.25, -0.2) is 0 Å². The molecule has 0 aliphatic carbocycles. The van der Waals surface area contributed by atoms with Crippen molar-refractivity contribution in [2.75, 3.05) is 32.8 Å². The third kappa shape index (κ3) is 5.65. The Labute approximate surface area is 103 Å². The minimum Gasteiger partial charge on any atom is -0.394 e. The summed E-state index contributed by atoms with van der Waals surface area (Å²) in [4.78, 5) is 13.0. The SMILES string of the molecule is CC1CN(CC(=O)NCC(F)(F)F)CC(CO)O1. The van der Waals surface area contributed by atoms with E-state index in [0.29, 0.717) is 13.1 Å². The number of hydrogen-bond donors (Lipinski definition) is 2. The van der Waals surface area contributed by atoms with Gasteiger partial charge in [0.25, 0.3) is 0 Å². The average molecular weight is 270 g/mol. The first-order valence-corrected chi connectivity index (χ1v) is 5.62. The fraction of sp³-hybridized carbons (Fsp3) is 0.900. The number of carbonyl (C=O) groups excluding carboxylic acids is 1. The standard InChI is InChI=1S/C10H17F3N2O3/c1-7-2-15(3-8(5-16)18-7)4-9(17)14-6-10(11,12)13/h7-8,16H,2-6H2,1H3,(H,14,17). The van der Waals surface area contributed by atoms with Gasteiger partial charge in [-0.15, -0.1) is 0 Å². The van der Waals surface area contributed by atoms with Crippen molar-refractivity contribution in [1.82, 2.24) is 10.2 Å². The molecule has 1 amide bonds. The minimum atomic E-state index is -4.40. The number of rotatable bonds is 4. The van der Waals surface area contributed by atoms with Crippen molar-refractivity contribution in [3.63, 3.8) is 0 Å². The first-order valence-electron chi connectivity index (χ1n) is 5.62. The highest BCUT2D eigenvalue weighted by Crippen LogP contribution is 2.13. The lowest BCUT2D eigenvalue weighted by atomic mass is 10.2. The Kier molecular flexibility index (Phi) is 5.36. The molecule has 2 atom stereocenters. The van der Waals surface area contributed by atoms with Crippen LogP contribution < -0.4 is 5.32 Å². The Balaban J connectivity index is 2.34. The summed E-state index contributed by atoms with van der Waals surface area (Å²) in [6, 6.07) is 0. The normalized spacial score (nSPS) is 26.1. The molecular formula is C10H17F3N2O3. The van der Waals surface area contributed by atoms with Crippen LogP contribution in [0.1, 0.15) is 6.92 Å². The van der Waals surface area contributed by atoms with Gasteiger partial charge in [0.2, 0.25) is 5.91 Å². The Hall–Kier alpha value is -0.860. The molecule has 0 saturated carbocycles. The number of alkyl halides is 3. The molecule has 1 rings (SSSR count). The van der Waals surface area contributed by atoms with Gasteiger partial charge in [0.05, 0.1) is 25.4 Å². The van der Waals surface area contributed by atoms with Crippen LogP contribution in [-0.4, -0.2) is 67.1 Å². The van der Waals surface area contributed by atoms with E-state index in [4.69, 9.17) is 9.84 Å². The van der Waals surface area contributed by atoms with E-state index in [0.717, 1.165) is 0 Å². The van der Waals surface area contributed by atoms with Gasteiger partial charge in [-0.1, -0.05) is 0 Å². The second-order valence-electron chi connectivity index (χ2n) is 4.34. The highest BCUT2D eigenvalue weighted by molar-refractivity contribution is 5.78. The largest absolute Gasteiger partial charge is 0.405 e. The smallest absolute Gasteiger partial charge is 0.394 e. The molecule has 2 N–H and O–H groups in total. The molecule has 0 aromatic rings. The maximum atomic E-state index is 11.9. The molecule has 0 spiro atoms. The lowest BCUT2D eigenvalue weighted by Gasteiger charge is -2.35. The van der Waals surface area contributed by atoms with E-state index in [1.54, 1.807) is 11.8 Å². The molecule has 1 heterocycles. The van der Waals surface area contributed by atoms with Crippen LogP contribution in [0.3, 0.4) is 0 Å². The summed E-state index contributed by atoms with van der Waals surface area (Å²) < 4.78 is 41.0. The van der Waals surface area contributed by atoms with Crippen molar-refractivity contribution in [3.8, 4) is 0 Å². The number of aliphatic hydroxyl groups is 1. The van der Waals surface area contributed by atoms with Crippen LogP contribution in [0, 0.1) is 0 Å². The lowest BCUT2D eigenvalue weighted by molar-refractivity contribution is -0.141. The number of amides is 1. The van der Waals surface area contributed by atoms with Crippen LogP contribution in [0.5, 0.6) is 0 Å². The Morgan fingerprint density at radius 3 is 2.72 bits per heavy atom. The first kappa shape index (κ1) is 15.2. The molecule has 1 fully saturated rings. The van der Waals surface area contributed by atoms with E-state index in [2.05, 4.69) is 0 Å². The van der Waals surface area contributed by atoms with Crippen LogP contribution >= 0.6 is 0 Å². The van der Waals surface area contributed by atoms with Crippen molar-refractivity contribution in [2.45, 2.75) is 25.3 Å². The van der Waals surface area contributed by atoms with Gasteiger partial charge in [-0.2, -0.15) is 13.2 Å². The van der Waals surface area contributed by atoms with Crippen LogP contribution in [0.15, 0.2) is 0 Å². The van der Waals surface area contributed by atoms with Crippen molar-refractivity contribution in [2.24, 2.45) is 0 Å². The molecular weight excluding hydrogens is 253 g/mol. The summed E-state index contributed by atoms with van der Waals surface area (Å²) in [7, 11) is 0. The van der Waals surface area contributed by atoms with Crippen LogP contribution in [0.25, 0.3) is 0 Å². The zero-order chi connectivity index (χ0) is 13.8. The zero-order valence-electron chi connectivity index (χ0n) is 10.0. The van der Waals surface area contributed by atoms with E-state index < -0.39 is 24.7 Å². The fourth-order valence-electron chi connectivity index (χ4n) is 1.83. The molecule has 2 unspecified atom stereocenters. The highest BCUT2D eigenvalue weighted by atomic mass is 19.4. The average Bonchev–Trinajstić information content (AvgIpc) is 2.24. The van der Waals surface area contributed by atoms with E-state index in [1.165, 1.54) is 0 Å². The topological polar surface area (TPSA) is 61.8 Å². The zero-order valence-corrected chi connectivity index (χ0v) is 10.0. The van der Waals surface area contributed by atoms with Crippen LogP contribution in [0.2, 0.25) is 0 Å². The maximum absolute atomic E-state index is 11.9. The Bertz CT molecular complexity index is 286. The Morgan fingerprint density at radius 2 is 2.17 bits per heavy atom. The van der Waals surface area contributed by atoms with Gasteiger partial charge < -0.3 is 15.2 Å². The highest BCUT2D eigenvalue weighted by Gasteiger charge is 2.29. The monoisotopic (exact) mass is 270 g/mol. The summed E-state index contributed by atoms with van der Waals surface area (Å²) in [6.07, 6.45) is -4.96. The lowest BCUT2D eigenvalue weighted by Crippen LogP contribution is -2.51. The summed E-state index contributed by atoms with van der Waals surface area (Å²) in [5, 5.41) is 10.8. The molecule has 8 heteroatoms. The summed E-state index contributed by atoms with van der Waals surface area (Å²) >= 11 is 0. The fourth-order valence-corrected chi connectivity index (χ4v) is 1.83. The number of morpholine rings is 1. The molecule has 0 radical (unpaired) electrons. The quantitative estimate of drug-likeness (QED) is 0.739. The van der Waals surface area contributed by atoms with E-state index in [1.807, 2.05) is 5.32 Å². The van der Waals surface area contributed by atoms with Crippen LogP contribution in [-0.2, 0) is 9.53 Å². The molecule has 0 aromatic heterocycles. The maximum Gasteiger partial charge on any atom is 0.405 e. The molecule has 1 aliphatic heterocycles. The van der Waals surface area contributed by atoms with E-state index in [9.17, 15) is 18.0 Å². The summed E-state index contributed by atoms with van der Waals surface area (Å²) in [5.41, 5.74) is 0. The molecule has 0 bridgehead atoms. The molecule has 106 valence electrons. The van der Waals surface area contributed by atoms with Gasteiger partial charge in [0.15, 0.2) is 0 Å². The second kappa shape index (κ2) is 6.35. The van der Waals surface area contributed by atoms with Gasteiger partial charge >= 0.3 is 6.18 Å². The number of ether oxygens (including phenoxy) is 1. The number of halogens is 3. The van der Waals surface area contributed by atoms with Crippen molar-refractivity contribution in [1.29, 1.82) is 0 Å². The van der Waals surface area contributed by atoms with Gasteiger partial charge in [0.1, 0.15) is 6.54 Å². The minimum absolute atomic E-state index is 0.125. The number of nitrogens with one attached hydrogen (secondary N) is 1. The third-order valence-corrected chi connectivity index (χ3v) is 2.46. The first-order chi connectivity index (χ1) is 8.30. The van der Waals surface area contributed by atoms with Crippen molar-refractivity contribution < 1.29 is 27.8 Å². The third-order valence-electron chi connectivity index (χ3n) is 2.46. The van der Waals surface area contributed by atoms with Gasteiger partial charge in [-0.05, 0) is 6.92 Å². The molecule has 18 heavy (non-hydrogen) atoms. The molecule has 1 aliphatic rings. The number of carbonyl (C=O) groups is 1. The number of hydrogen-bond acceptors (Lipinski definition) is 4. The predicted octanol–water partition coefficient (Wildman–Crippen LogP) is -0.254. The van der Waals surface area contributed by atoms with Crippen LogP contribution in [0.4, 0.5) is 13.2 Å². The molecule has 0 aromatic carbocycles. The van der Waals surface area contributed by atoms with Crippen molar-refractivity contribution in [3.05, 3.63) is 0 Å². The Morgan fingerprint density at radius 1 is 1.50 bits per heavy atom. The summed E-state index contributed by atoms with van der Waals surface area (Å²) in [5.74, 6) is -0.682. The second-order valence-corrected chi connectivity index (χ2v) is 4.34. The van der Waals surface area contributed by atoms with Gasteiger partial charge in [-0.3, -0.25) is 9.69 Å². The van der Waals surface area contributed by atoms with Gasteiger partial charge in [0, 0.05) is 13.1 Å². The van der Waals surface area contributed by atoms with E-state index in [-0.39, 0.29) is 19.3 Å². The molecule has 1 saturated heterocycles. The van der Waals surface area contributed by atoms with E-state index >= 15 is 0 Å². The summed E-state index contributed by atoms with van der Waals surface area (Å²) in [6.45, 7) is 0.944. The predicted molar refractivity (Wildman–Crippen MR) is 56.9 cm³/mol.